The largest absolute Gasteiger partial charge is 0.468 e. The Morgan fingerprint density at radius 3 is 2.33 bits per heavy atom. The fourth-order valence-corrected chi connectivity index (χ4v) is 3.28. The molecule has 0 bridgehead atoms. The zero-order chi connectivity index (χ0) is 11.3. The average molecular weight is 250 g/mol. The van der Waals surface area contributed by atoms with Crippen LogP contribution in [0.3, 0.4) is 0 Å². The van der Waals surface area contributed by atoms with Crippen molar-refractivity contribution in [2.75, 3.05) is 0 Å². The monoisotopic (exact) mass is 250 g/mol. The van der Waals surface area contributed by atoms with Crippen LogP contribution in [0.5, 0.6) is 0 Å². The molecule has 15 heavy (non-hydrogen) atoms. The van der Waals surface area contributed by atoms with E-state index >= 15 is 0 Å². The fourth-order valence-electron chi connectivity index (χ4n) is 1.44. The van der Waals surface area contributed by atoms with E-state index in [0.29, 0.717) is 16.0 Å². The molecule has 1 nitrogen and oxygen atoms in total. The van der Waals surface area contributed by atoms with Crippen molar-refractivity contribution in [1.82, 2.24) is 0 Å². The van der Waals surface area contributed by atoms with Crippen LogP contribution in [0, 0.1) is 0 Å². The van der Waals surface area contributed by atoms with E-state index in [-0.39, 0.29) is 6.04 Å². The maximum atomic E-state index is 12.7. The van der Waals surface area contributed by atoms with Crippen LogP contribution in [0.1, 0.15) is 11.5 Å². The van der Waals surface area contributed by atoms with Gasteiger partial charge in [-0.2, -0.15) is 13.2 Å². The van der Waals surface area contributed by atoms with Crippen molar-refractivity contribution >= 4 is 20.2 Å². The molecule has 84 valence electrons. The maximum Gasteiger partial charge on any atom is 0.395 e. The smallest absolute Gasteiger partial charge is 0.395 e. The van der Waals surface area contributed by atoms with Gasteiger partial charge in [-0.3, -0.25) is 0 Å². The highest BCUT2D eigenvalue weighted by atomic mass is 28.3. The zero-order valence-electron chi connectivity index (χ0n) is 8.42. The van der Waals surface area contributed by atoms with Gasteiger partial charge in [0.05, 0.1) is 5.92 Å². The summed E-state index contributed by atoms with van der Waals surface area (Å²) in [4.78, 5) is 0. The number of halogens is 3. The standard InChI is InChI=1S/C9H13F3OSi2/c10-9(11,12)8(6-15-13-14)7-4-2-1-3-5-7/h1-5,8H,6,15H2,14H3. The van der Waals surface area contributed by atoms with E-state index in [1.165, 1.54) is 12.1 Å². The highest BCUT2D eigenvalue weighted by molar-refractivity contribution is 6.34. The molecule has 0 saturated carbocycles. The van der Waals surface area contributed by atoms with Gasteiger partial charge in [0, 0.05) is 0 Å². The topological polar surface area (TPSA) is 9.23 Å². The molecule has 1 atom stereocenters. The van der Waals surface area contributed by atoms with Crippen molar-refractivity contribution in [1.29, 1.82) is 0 Å². The van der Waals surface area contributed by atoms with Crippen LogP contribution in [-0.4, -0.2) is 26.4 Å². The molecule has 0 saturated heterocycles. The Bertz CT molecular complexity index is 289. The highest BCUT2D eigenvalue weighted by Crippen LogP contribution is 2.37. The molecule has 0 radical (unpaired) electrons. The van der Waals surface area contributed by atoms with Gasteiger partial charge in [0.1, 0.15) is 20.2 Å². The Labute approximate surface area is 92.1 Å². The second-order valence-electron chi connectivity index (χ2n) is 3.29. The number of rotatable bonds is 4. The molecule has 0 aromatic heterocycles. The van der Waals surface area contributed by atoms with Gasteiger partial charge in [0.15, 0.2) is 0 Å². The molecular weight excluding hydrogens is 237 g/mol. The Hall–Kier alpha value is -0.596. The Balaban J connectivity index is 2.82. The lowest BCUT2D eigenvalue weighted by molar-refractivity contribution is -0.146. The molecule has 6 heteroatoms. The second kappa shape index (κ2) is 5.48. The van der Waals surface area contributed by atoms with E-state index in [9.17, 15) is 13.2 Å². The molecule has 0 heterocycles. The minimum absolute atomic E-state index is 0.136. The summed E-state index contributed by atoms with van der Waals surface area (Å²) in [6.07, 6.45) is -4.16. The molecule has 0 aliphatic rings. The molecule has 0 spiro atoms. The molecule has 1 unspecified atom stereocenters. The third kappa shape index (κ3) is 3.80. The first-order valence-electron chi connectivity index (χ1n) is 4.66. The summed E-state index contributed by atoms with van der Waals surface area (Å²) in [5, 5.41) is 0. The predicted molar refractivity (Wildman–Crippen MR) is 59.6 cm³/mol. The highest BCUT2D eigenvalue weighted by Gasteiger charge is 2.39. The van der Waals surface area contributed by atoms with Gasteiger partial charge < -0.3 is 4.12 Å². The predicted octanol–water partition coefficient (Wildman–Crippen LogP) is 1.13. The van der Waals surface area contributed by atoms with E-state index in [1.54, 1.807) is 18.2 Å². The number of alkyl halides is 3. The molecule has 1 aromatic rings. The van der Waals surface area contributed by atoms with Crippen LogP contribution < -0.4 is 0 Å². The first kappa shape index (κ1) is 12.5. The van der Waals surface area contributed by atoms with Crippen LogP contribution >= 0.6 is 0 Å². The van der Waals surface area contributed by atoms with E-state index in [2.05, 4.69) is 0 Å². The molecule has 0 fully saturated rings. The van der Waals surface area contributed by atoms with Gasteiger partial charge in [-0.05, 0) is 11.6 Å². The van der Waals surface area contributed by atoms with Crippen molar-refractivity contribution in [2.24, 2.45) is 0 Å². The Morgan fingerprint density at radius 2 is 1.87 bits per heavy atom. The third-order valence-electron chi connectivity index (χ3n) is 2.21. The van der Waals surface area contributed by atoms with E-state index in [0.717, 1.165) is 0 Å². The van der Waals surface area contributed by atoms with Crippen LogP contribution in [0.15, 0.2) is 30.3 Å². The first-order chi connectivity index (χ1) is 7.05. The summed E-state index contributed by atoms with van der Waals surface area (Å²) in [5.41, 5.74) is 0.344. The molecule has 0 aliphatic heterocycles. The third-order valence-corrected chi connectivity index (χ3v) is 4.65. The van der Waals surface area contributed by atoms with Crippen molar-refractivity contribution in [3.8, 4) is 0 Å². The van der Waals surface area contributed by atoms with Crippen LogP contribution in [-0.2, 0) is 4.12 Å². The van der Waals surface area contributed by atoms with Crippen molar-refractivity contribution in [3.63, 3.8) is 0 Å². The van der Waals surface area contributed by atoms with Gasteiger partial charge in [0.25, 0.3) is 0 Å². The minimum Gasteiger partial charge on any atom is -0.468 e. The quantitative estimate of drug-likeness (QED) is 0.728. The van der Waals surface area contributed by atoms with Gasteiger partial charge in [0.2, 0.25) is 0 Å². The maximum absolute atomic E-state index is 12.7. The number of hydrogen-bond acceptors (Lipinski definition) is 1. The SMILES string of the molecule is FC(F)(F)C(C[SiH2]O[SiH3])c1ccccc1. The van der Waals surface area contributed by atoms with Crippen molar-refractivity contribution in [2.45, 2.75) is 18.1 Å². The molecule has 1 rings (SSSR count). The molecular formula is C9H13F3OSi2. The number of hydrogen-bond donors (Lipinski definition) is 0. The Kier molecular flexibility index (Phi) is 4.55. The summed E-state index contributed by atoms with van der Waals surface area (Å²) in [6.45, 7) is 0. The lowest BCUT2D eigenvalue weighted by Crippen LogP contribution is -2.22. The van der Waals surface area contributed by atoms with Gasteiger partial charge in [-0.25, -0.2) is 0 Å². The lowest BCUT2D eigenvalue weighted by atomic mass is 10.0. The minimum atomic E-state index is -4.16. The Morgan fingerprint density at radius 1 is 1.27 bits per heavy atom. The molecule has 1 aromatic carbocycles. The average Bonchev–Trinajstić information content (AvgIpc) is 2.18. The summed E-state index contributed by atoms with van der Waals surface area (Å²) in [7, 11) is -0.470. The van der Waals surface area contributed by atoms with Gasteiger partial charge in [-0.15, -0.1) is 0 Å². The summed E-state index contributed by atoms with van der Waals surface area (Å²) in [6, 6.07) is 8.18. The summed E-state index contributed by atoms with van der Waals surface area (Å²) < 4.78 is 43.1. The number of benzene rings is 1. The van der Waals surface area contributed by atoms with Crippen molar-refractivity contribution < 1.29 is 17.3 Å². The van der Waals surface area contributed by atoms with Crippen molar-refractivity contribution in [3.05, 3.63) is 35.9 Å². The second-order valence-corrected chi connectivity index (χ2v) is 6.58. The molecule has 0 amide bonds. The molecule has 0 aliphatic carbocycles. The van der Waals surface area contributed by atoms with Crippen LogP contribution in [0.4, 0.5) is 13.2 Å². The van der Waals surface area contributed by atoms with Crippen LogP contribution in [0.25, 0.3) is 0 Å². The summed E-state index contributed by atoms with van der Waals surface area (Å²) in [5.74, 6) is -1.35. The fraction of sp³-hybridized carbons (Fsp3) is 0.333. The normalized spacial score (nSPS) is 14.9. The lowest BCUT2D eigenvalue weighted by Gasteiger charge is -2.20. The summed E-state index contributed by atoms with van der Waals surface area (Å²) >= 11 is 0. The first-order valence-corrected chi connectivity index (χ1v) is 7.05. The zero-order valence-corrected chi connectivity index (χ0v) is 11.8. The van der Waals surface area contributed by atoms with E-state index < -0.39 is 21.9 Å². The molecule has 0 N–H and O–H groups in total. The van der Waals surface area contributed by atoms with Crippen LogP contribution in [0.2, 0.25) is 6.04 Å². The van der Waals surface area contributed by atoms with E-state index in [1.807, 2.05) is 0 Å². The van der Waals surface area contributed by atoms with Gasteiger partial charge in [-0.1, -0.05) is 30.3 Å². The van der Waals surface area contributed by atoms with E-state index in [4.69, 9.17) is 4.12 Å². The van der Waals surface area contributed by atoms with Gasteiger partial charge >= 0.3 is 6.18 Å².